The lowest BCUT2D eigenvalue weighted by Gasteiger charge is -2.15. The van der Waals surface area contributed by atoms with E-state index in [9.17, 15) is 22.7 Å². The summed E-state index contributed by atoms with van der Waals surface area (Å²) in [5.74, 6) is -1.13. The number of nitrogens with zero attached hydrogens (tertiary/aromatic N) is 2. The van der Waals surface area contributed by atoms with Gasteiger partial charge in [-0.05, 0) is 24.1 Å². The van der Waals surface area contributed by atoms with E-state index in [1.807, 2.05) is 6.92 Å². The maximum atomic E-state index is 13.2. The number of alkyl halides is 3. The van der Waals surface area contributed by atoms with Gasteiger partial charge >= 0.3 is 6.18 Å². The molecule has 1 heterocycles. The monoisotopic (exact) mass is 302 g/mol. The molecule has 0 aliphatic heterocycles. The second kappa shape index (κ2) is 5.85. The molecule has 1 aromatic heterocycles. The number of hydrogen-bond acceptors (Lipinski definition) is 2. The van der Waals surface area contributed by atoms with Crippen molar-refractivity contribution in [3.63, 3.8) is 0 Å². The molecule has 3 nitrogen and oxygen atoms in total. The Hall–Kier alpha value is -1.89. The van der Waals surface area contributed by atoms with E-state index in [-0.39, 0.29) is 11.4 Å². The van der Waals surface area contributed by atoms with Crippen LogP contribution in [0.1, 0.15) is 36.4 Å². The topological polar surface area (TPSA) is 38.0 Å². The summed E-state index contributed by atoms with van der Waals surface area (Å²) in [7, 11) is 0. The quantitative estimate of drug-likeness (QED) is 0.877. The summed E-state index contributed by atoms with van der Waals surface area (Å²) >= 11 is 0. The smallest absolute Gasteiger partial charge is 0.380 e. The number of aryl methyl sites for hydroxylation is 1. The molecular formula is C14H14F4N2O. The standard InChI is InChI=1S/C14H14F4N2O/c1-2-6-20-7-5-19-13(20)12(21)9-3-4-11(15)10(8-9)14(16,17)18/h3-5,7-8,12,21H,2,6H2,1H3. The summed E-state index contributed by atoms with van der Waals surface area (Å²) in [5, 5.41) is 10.2. The maximum Gasteiger partial charge on any atom is 0.419 e. The van der Waals surface area contributed by atoms with Crippen LogP contribution >= 0.6 is 0 Å². The van der Waals surface area contributed by atoms with Gasteiger partial charge in [-0.2, -0.15) is 13.2 Å². The maximum absolute atomic E-state index is 13.2. The summed E-state index contributed by atoms with van der Waals surface area (Å²) in [6.07, 6.45) is -2.27. The van der Waals surface area contributed by atoms with Crippen LogP contribution in [-0.4, -0.2) is 14.7 Å². The van der Waals surface area contributed by atoms with Gasteiger partial charge in [-0.15, -0.1) is 0 Å². The van der Waals surface area contributed by atoms with Gasteiger partial charge in [-0.1, -0.05) is 13.0 Å². The Morgan fingerprint density at radius 1 is 1.33 bits per heavy atom. The summed E-state index contributed by atoms with van der Waals surface area (Å²) < 4.78 is 53.0. The highest BCUT2D eigenvalue weighted by Crippen LogP contribution is 2.33. The minimum atomic E-state index is -4.81. The van der Waals surface area contributed by atoms with Gasteiger partial charge in [-0.3, -0.25) is 0 Å². The molecule has 7 heteroatoms. The number of imidazole rings is 1. The van der Waals surface area contributed by atoms with Crippen LogP contribution in [0.2, 0.25) is 0 Å². The Bertz CT molecular complexity index is 622. The lowest BCUT2D eigenvalue weighted by atomic mass is 10.0. The Morgan fingerprint density at radius 3 is 2.67 bits per heavy atom. The normalized spacial score (nSPS) is 13.4. The molecule has 0 aliphatic rings. The minimum absolute atomic E-state index is 0.0488. The Labute approximate surface area is 118 Å². The van der Waals surface area contributed by atoms with Gasteiger partial charge in [0.2, 0.25) is 0 Å². The van der Waals surface area contributed by atoms with Crippen LogP contribution in [0.25, 0.3) is 0 Å². The minimum Gasteiger partial charge on any atom is -0.380 e. The van der Waals surface area contributed by atoms with Crippen molar-refractivity contribution in [2.24, 2.45) is 0 Å². The van der Waals surface area contributed by atoms with Crippen LogP contribution < -0.4 is 0 Å². The average molecular weight is 302 g/mol. The van der Waals surface area contributed by atoms with Crippen LogP contribution in [-0.2, 0) is 12.7 Å². The number of rotatable bonds is 4. The van der Waals surface area contributed by atoms with E-state index in [0.29, 0.717) is 18.7 Å². The first kappa shape index (κ1) is 15.5. The second-order valence-electron chi connectivity index (χ2n) is 4.62. The van der Waals surface area contributed by atoms with Gasteiger partial charge in [0.1, 0.15) is 17.7 Å². The molecule has 1 N–H and O–H groups in total. The predicted octanol–water partition coefficient (Wildman–Crippen LogP) is 3.53. The van der Waals surface area contributed by atoms with E-state index in [1.54, 1.807) is 10.8 Å². The number of aromatic nitrogens is 2. The van der Waals surface area contributed by atoms with Gasteiger partial charge in [0, 0.05) is 18.9 Å². The zero-order valence-corrected chi connectivity index (χ0v) is 11.2. The Balaban J connectivity index is 2.40. The van der Waals surface area contributed by atoms with Crippen molar-refractivity contribution in [3.8, 4) is 0 Å². The zero-order chi connectivity index (χ0) is 15.6. The van der Waals surface area contributed by atoms with E-state index in [4.69, 9.17) is 0 Å². The first-order chi connectivity index (χ1) is 9.84. The van der Waals surface area contributed by atoms with Gasteiger partial charge in [0.25, 0.3) is 0 Å². The first-order valence-electron chi connectivity index (χ1n) is 6.40. The molecule has 1 unspecified atom stereocenters. The third kappa shape index (κ3) is 3.24. The molecule has 0 fully saturated rings. The van der Waals surface area contributed by atoms with Crippen LogP contribution in [0.3, 0.4) is 0 Å². The summed E-state index contributed by atoms with van der Waals surface area (Å²) in [5.41, 5.74) is -1.44. The fourth-order valence-corrected chi connectivity index (χ4v) is 2.08. The van der Waals surface area contributed by atoms with E-state index in [2.05, 4.69) is 4.98 Å². The largest absolute Gasteiger partial charge is 0.419 e. The Kier molecular flexibility index (Phi) is 4.32. The van der Waals surface area contributed by atoms with E-state index in [1.165, 1.54) is 6.20 Å². The molecule has 0 amide bonds. The number of aliphatic hydroxyl groups excluding tert-OH is 1. The molecule has 114 valence electrons. The number of halogens is 4. The SMILES string of the molecule is CCCn1ccnc1C(O)c1ccc(F)c(C(F)(F)F)c1. The molecular weight excluding hydrogens is 288 g/mol. The molecule has 0 aliphatic carbocycles. The van der Waals surface area contributed by atoms with Gasteiger partial charge in [0.05, 0.1) is 5.56 Å². The molecule has 0 saturated heterocycles. The van der Waals surface area contributed by atoms with E-state index in [0.717, 1.165) is 12.5 Å². The molecule has 1 atom stereocenters. The van der Waals surface area contributed by atoms with Crippen molar-refractivity contribution in [1.29, 1.82) is 0 Å². The summed E-state index contributed by atoms with van der Waals surface area (Å²) in [4.78, 5) is 3.96. The van der Waals surface area contributed by atoms with Gasteiger partial charge in [0.15, 0.2) is 0 Å². The van der Waals surface area contributed by atoms with Crippen molar-refractivity contribution in [1.82, 2.24) is 9.55 Å². The molecule has 0 spiro atoms. The number of benzene rings is 1. The summed E-state index contributed by atoms with van der Waals surface area (Å²) in [6.45, 7) is 2.51. The van der Waals surface area contributed by atoms with Crippen molar-refractivity contribution < 1.29 is 22.7 Å². The lowest BCUT2D eigenvalue weighted by Crippen LogP contribution is -2.13. The van der Waals surface area contributed by atoms with Crippen molar-refractivity contribution in [2.75, 3.05) is 0 Å². The molecule has 21 heavy (non-hydrogen) atoms. The van der Waals surface area contributed by atoms with Crippen LogP contribution in [0.15, 0.2) is 30.6 Å². The zero-order valence-electron chi connectivity index (χ0n) is 11.2. The molecule has 0 bridgehead atoms. The fraction of sp³-hybridized carbons (Fsp3) is 0.357. The third-order valence-electron chi connectivity index (χ3n) is 3.07. The first-order valence-corrected chi connectivity index (χ1v) is 6.40. The highest BCUT2D eigenvalue weighted by atomic mass is 19.4. The van der Waals surface area contributed by atoms with Gasteiger partial charge in [-0.25, -0.2) is 9.37 Å². The Morgan fingerprint density at radius 2 is 2.05 bits per heavy atom. The summed E-state index contributed by atoms with van der Waals surface area (Å²) in [6, 6.07) is 2.44. The molecule has 2 rings (SSSR count). The third-order valence-corrected chi connectivity index (χ3v) is 3.07. The highest BCUT2D eigenvalue weighted by molar-refractivity contribution is 5.31. The molecule has 0 radical (unpaired) electrons. The number of hydrogen-bond donors (Lipinski definition) is 1. The van der Waals surface area contributed by atoms with Crippen molar-refractivity contribution in [2.45, 2.75) is 32.2 Å². The van der Waals surface area contributed by atoms with E-state index >= 15 is 0 Å². The fourth-order valence-electron chi connectivity index (χ4n) is 2.08. The molecule has 2 aromatic rings. The number of aliphatic hydroxyl groups is 1. The predicted molar refractivity (Wildman–Crippen MR) is 68.0 cm³/mol. The van der Waals surface area contributed by atoms with E-state index < -0.39 is 23.7 Å². The second-order valence-corrected chi connectivity index (χ2v) is 4.62. The average Bonchev–Trinajstić information content (AvgIpc) is 2.86. The van der Waals surface area contributed by atoms with Crippen LogP contribution in [0.4, 0.5) is 17.6 Å². The molecule has 1 aromatic carbocycles. The van der Waals surface area contributed by atoms with Crippen molar-refractivity contribution >= 4 is 0 Å². The van der Waals surface area contributed by atoms with Crippen LogP contribution in [0.5, 0.6) is 0 Å². The van der Waals surface area contributed by atoms with Crippen molar-refractivity contribution in [3.05, 3.63) is 53.4 Å². The van der Waals surface area contributed by atoms with Crippen LogP contribution in [0, 0.1) is 5.82 Å². The molecule has 0 saturated carbocycles. The van der Waals surface area contributed by atoms with Gasteiger partial charge < -0.3 is 9.67 Å². The lowest BCUT2D eigenvalue weighted by molar-refractivity contribution is -0.140. The highest BCUT2D eigenvalue weighted by Gasteiger charge is 2.35.